The second-order valence-electron chi connectivity index (χ2n) is 7.10. The van der Waals surface area contributed by atoms with E-state index in [2.05, 4.69) is 52.4 Å². The van der Waals surface area contributed by atoms with Gasteiger partial charge in [-0.25, -0.2) is 0 Å². The minimum Gasteiger partial charge on any atom is -0.508 e. The maximum absolute atomic E-state index is 9.42. The van der Waals surface area contributed by atoms with E-state index in [0.29, 0.717) is 0 Å². The molecule has 1 N–H and O–H groups in total. The molecule has 0 unspecified atom stereocenters. The highest BCUT2D eigenvalue weighted by atomic mass is 16.3. The Labute approximate surface area is 160 Å². The van der Waals surface area contributed by atoms with E-state index in [-0.39, 0.29) is 5.75 Å². The minimum atomic E-state index is 0.286. The second-order valence-corrected chi connectivity index (χ2v) is 7.10. The molecule has 0 aromatic heterocycles. The molecule has 1 heterocycles. The topological polar surface area (TPSA) is 39.1 Å². The minimum absolute atomic E-state index is 0.286. The van der Waals surface area contributed by atoms with E-state index in [4.69, 9.17) is 5.10 Å². The van der Waals surface area contributed by atoms with Crippen molar-refractivity contribution in [2.75, 3.05) is 26.2 Å². The maximum Gasteiger partial charge on any atom is 0.115 e. The van der Waals surface area contributed by atoms with Crippen molar-refractivity contribution in [3.63, 3.8) is 0 Å². The normalized spacial score (nSPS) is 16.0. The van der Waals surface area contributed by atoms with Gasteiger partial charge in [0.25, 0.3) is 0 Å². The fourth-order valence-electron chi connectivity index (χ4n) is 3.64. The van der Waals surface area contributed by atoms with Crippen molar-refractivity contribution in [3.8, 4) is 5.75 Å². The van der Waals surface area contributed by atoms with Crippen molar-refractivity contribution >= 4 is 16.5 Å². The van der Waals surface area contributed by atoms with Crippen LogP contribution in [0.15, 0.2) is 71.8 Å². The van der Waals surface area contributed by atoms with Crippen LogP contribution < -0.4 is 0 Å². The fourth-order valence-corrected chi connectivity index (χ4v) is 3.64. The average molecular weight is 359 g/mol. The van der Waals surface area contributed by atoms with E-state index < -0.39 is 0 Å². The molecule has 0 saturated carbocycles. The van der Waals surface area contributed by atoms with Crippen molar-refractivity contribution in [2.45, 2.75) is 13.5 Å². The molecule has 0 aliphatic carbocycles. The lowest BCUT2D eigenvalue weighted by Gasteiger charge is -2.33. The molecule has 4 heteroatoms. The molecule has 1 saturated heterocycles. The average Bonchev–Trinajstić information content (AvgIpc) is 2.70. The monoisotopic (exact) mass is 359 g/mol. The summed E-state index contributed by atoms with van der Waals surface area (Å²) in [6.45, 7) is 6.89. The summed E-state index contributed by atoms with van der Waals surface area (Å²) in [7, 11) is 0. The van der Waals surface area contributed by atoms with E-state index in [1.54, 1.807) is 12.1 Å². The second kappa shape index (κ2) is 7.80. The van der Waals surface area contributed by atoms with Crippen molar-refractivity contribution in [2.24, 2.45) is 5.10 Å². The van der Waals surface area contributed by atoms with E-state index in [1.807, 2.05) is 19.1 Å². The molecule has 0 amide bonds. The SMILES string of the molecule is CC(=NN1CCN(Cc2cccc3ccccc23)CC1)c1ccc(O)cc1. The summed E-state index contributed by atoms with van der Waals surface area (Å²) in [6.07, 6.45) is 0. The van der Waals surface area contributed by atoms with Crippen LogP contribution in [0.3, 0.4) is 0 Å². The highest BCUT2D eigenvalue weighted by Crippen LogP contribution is 2.20. The van der Waals surface area contributed by atoms with Gasteiger partial charge in [-0.15, -0.1) is 0 Å². The van der Waals surface area contributed by atoms with Crippen LogP contribution in [0, 0.1) is 0 Å². The van der Waals surface area contributed by atoms with Crippen LogP contribution in [0.2, 0.25) is 0 Å². The van der Waals surface area contributed by atoms with Gasteiger partial charge in [0.1, 0.15) is 5.75 Å². The summed E-state index contributed by atoms with van der Waals surface area (Å²) < 4.78 is 0. The summed E-state index contributed by atoms with van der Waals surface area (Å²) in [4.78, 5) is 2.50. The number of piperazine rings is 1. The molecule has 4 nitrogen and oxygen atoms in total. The third-order valence-corrected chi connectivity index (χ3v) is 5.20. The number of fused-ring (bicyclic) bond motifs is 1. The molecule has 3 aromatic carbocycles. The first-order valence-electron chi connectivity index (χ1n) is 9.47. The summed E-state index contributed by atoms with van der Waals surface area (Å²) in [5.74, 6) is 0.286. The molecule has 0 spiro atoms. The number of hydrogen-bond acceptors (Lipinski definition) is 4. The smallest absolute Gasteiger partial charge is 0.115 e. The van der Waals surface area contributed by atoms with Gasteiger partial charge in [0.15, 0.2) is 0 Å². The van der Waals surface area contributed by atoms with Crippen molar-refractivity contribution in [1.82, 2.24) is 9.91 Å². The number of hydrogen-bond donors (Lipinski definition) is 1. The molecular weight excluding hydrogens is 334 g/mol. The Morgan fingerprint density at radius 1 is 0.889 bits per heavy atom. The molecule has 1 fully saturated rings. The Balaban J connectivity index is 1.39. The third kappa shape index (κ3) is 4.12. The molecule has 1 aliphatic heterocycles. The summed E-state index contributed by atoms with van der Waals surface area (Å²) in [5, 5.41) is 19.0. The molecule has 0 bridgehead atoms. The standard InChI is InChI=1S/C23H25N3O/c1-18(19-9-11-22(27)12-10-19)24-26-15-13-25(14-16-26)17-21-7-4-6-20-5-2-3-8-23(20)21/h2-12,27H,13-17H2,1H3. The zero-order valence-electron chi connectivity index (χ0n) is 15.7. The van der Waals surface area contributed by atoms with Gasteiger partial charge in [0, 0.05) is 32.7 Å². The number of rotatable bonds is 4. The van der Waals surface area contributed by atoms with Crippen LogP contribution in [0.4, 0.5) is 0 Å². The third-order valence-electron chi connectivity index (χ3n) is 5.20. The number of phenols is 1. The predicted molar refractivity (Wildman–Crippen MR) is 111 cm³/mol. The number of benzene rings is 3. The van der Waals surface area contributed by atoms with Crippen molar-refractivity contribution < 1.29 is 5.11 Å². The van der Waals surface area contributed by atoms with Gasteiger partial charge in [-0.05, 0) is 53.1 Å². The molecule has 138 valence electrons. The van der Waals surface area contributed by atoms with Gasteiger partial charge in [0.2, 0.25) is 0 Å². The molecule has 0 radical (unpaired) electrons. The maximum atomic E-state index is 9.42. The van der Waals surface area contributed by atoms with Gasteiger partial charge in [0.05, 0.1) is 5.71 Å². The highest BCUT2D eigenvalue weighted by Gasteiger charge is 2.17. The zero-order valence-corrected chi connectivity index (χ0v) is 15.7. The summed E-state index contributed by atoms with van der Waals surface area (Å²) in [5.41, 5.74) is 3.42. The first-order chi connectivity index (χ1) is 13.2. The van der Waals surface area contributed by atoms with Crippen LogP contribution in [-0.2, 0) is 6.54 Å². The Bertz CT molecular complexity index is 936. The van der Waals surface area contributed by atoms with Crippen molar-refractivity contribution in [3.05, 3.63) is 77.9 Å². The molecule has 1 aliphatic rings. The van der Waals surface area contributed by atoms with Gasteiger partial charge in [-0.2, -0.15) is 5.10 Å². The van der Waals surface area contributed by atoms with Crippen LogP contribution in [-0.4, -0.2) is 46.9 Å². The number of aromatic hydroxyl groups is 1. The largest absolute Gasteiger partial charge is 0.508 e. The molecule has 3 aromatic rings. The van der Waals surface area contributed by atoms with E-state index in [0.717, 1.165) is 44.0 Å². The first kappa shape index (κ1) is 17.6. The fraction of sp³-hybridized carbons (Fsp3) is 0.261. The lowest BCUT2D eigenvalue weighted by atomic mass is 10.0. The molecule has 4 rings (SSSR count). The summed E-state index contributed by atoms with van der Waals surface area (Å²) >= 11 is 0. The Morgan fingerprint density at radius 2 is 1.59 bits per heavy atom. The van der Waals surface area contributed by atoms with Gasteiger partial charge >= 0.3 is 0 Å². The van der Waals surface area contributed by atoms with Gasteiger partial charge in [-0.3, -0.25) is 9.91 Å². The Kier molecular flexibility index (Phi) is 5.07. The number of nitrogens with zero attached hydrogens (tertiary/aromatic N) is 3. The lowest BCUT2D eigenvalue weighted by Crippen LogP contribution is -2.43. The van der Waals surface area contributed by atoms with E-state index in [1.165, 1.54) is 16.3 Å². The molecular formula is C23H25N3O. The van der Waals surface area contributed by atoms with Crippen LogP contribution in [0.25, 0.3) is 10.8 Å². The highest BCUT2D eigenvalue weighted by molar-refractivity contribution is 5.98. The quantitative estimate of drug-likeness (QED) is 0.713. The van der Waals surface area contributed by atoms with Gasteiger partial charge < -0.3 is 5.11 Å². The predicted octanol–water partition coefficient (Wildman–Crippen LogP) is 4.09. The van der Waals surface area contributed by atoms with Crippen molar-refractivity contribution in [1.29, 1.82) is 0 Å². The number of phenolic OH excluding ortho intramolecular Hbond substituents is 1. The first-order valence-corrected chi connectivity index (χ1v) is 9.47. The van der Waals surface area contributed by atoms with E-state index in [9.17, 15) is 5.11 Å². The summed E-state index contributed by atoms with van der Waals surface area (Å²) in [6, 6.07) is 22.4. The molecule has 0 atom stereocenters. The lowest BCUT2D eigenvalue weighted by molar-refractivity contribution is 0.131. The number of hydrazone groups is 1. The van der Waals surface area contributed by atoms with Gasteiger partial charge in [-0.1, -0.05) is 42.5 Å². The Hall–Kier alpha value is -2.85. The van der Waals surface area contributed by atoms with Crippen LogP contribution in [0.5, 0.6) is 5.75 Å². The molecule has 27 heavy (non-hydrogen) atoms. The van der Waals surface area contributed by atoms with E-state index >= 15 is 0 Å². The Morgan fingerprint density at radius 3 is 2.37 bits per heavy atom. The van der Waals surface area contributed by atoms with Crippen LogP contribution in [0.1, 0.15) is 18.1 Å². The zero-order chi connectivity index (χ0) is 18.6. The van der Waals surface area contributed by atoms with Crippen LogP contribution >= 0.6 is 0 Å².